The van der Waals surface area contributed by atoms with Gasteiger partial charge in [-0.05, 0) is 12.3 Å². The molecule has 1 aliphatic heterocycles. The molecule has 1 aliphatic rings. The molecular weight excluding hydrogens is 128 g/mol. The molecule has 0 spiro atoms. The number of aliphatic hydroxyl groups is 1. The molecule has 1 heterocycles. The van der Waals surface area contributed by atoms with Gasteiger partial charge in [0.05, 0.1) is 12.7 Å². The summed E-state index contributed by atoms with van der Waals surface area (Å²) in [6.45, 7) is 8.70. The summed E-state index contributed by atoms with van der Waals surface area (Å²) in [5.74, 6) is 0. The third-order valence-corrected chi connectivity index (χ3v) is 2.00. The Bertz CT molecular complexity index is 125. The molecule has 2 atom stereocenters. The van der Waals surface area contributed by atoms with Crippen LogP contribution in [0.4, 0.5) is 0 Å². The van der Waals surface area contributed by atoms with Crippen LogP contribution < -0.4 is 0 Å². The quantitative estimate of drug-likeness (QED) is 0.560. The van der Waals surface area contributed by atoms with E-state index < -0.39 is 0 Å². The van der Waals surface area contributed by atoms with E-state index >= 15 is 0 Å². The lowest BCUT2D eigenvalue weighted by Crippen LogP contribution is -2.38. The lowest BCUT2D eigenvalue weighted by atomic mass is 9.82. The van der Waals surface area contributed by atoms with E-state index in [1.807, 2.05) is 27.7 Å². The minimum atomic E-state index is -0.347. The number of ether oxygens (including phenoxy) is 1. The minimum absolute atomic E-state index is 0.0642. The lowest BCUT2D eigenvalue weighted by Gasteiger charge is -2.28. The average Bonchev–Trinajstić information content (AvgIpc) is 2.45. The van der Waals surface area contributed by atoms with Gasteiger partial charge in [0.2, 0.25) is 0 Å². The summed E-state index contributed by atoms with van der Waals surface area (Å²) >= 11 is 0. The van der Waals surface area contributed by atoms with Crippen LogP contribution in [0, 0.1) is 5.41 Å². The monoisotopic (exact) mass is 144 g/mol. The number of hydrogen-bond donors (Lipinski definition) is 1. The molecule has 0 saturated carbocycles. The van der Waals surface area contributed by atoms with Crippen LogP contribution in [-0.4, -0.2) is 23.4 Å². The number of aliphatic hydroxyl groups excluding tert-OH is 1. The summed E-state index contributed by atoms with van der Waals surface area (Å²) < 4.78 is 5.13. The predicted octanol–water partition coefficient (Wildman–Crippen LogP) is 1.18. The molecule has 1 fully saturated rings. The highest BCUT2D eigenvalue weighted by Gasteiger charge is 2.50. The van der Waals surface area contributed by atoms with Crippen LogP contribution >= 0.6 is 0 Å². The molecule has 2 nitrogen and oxygen atoms in total. The van der Waals surface area contributed by atoms with Crippen molar-refractivity contribution in [1.82, 2.24) is 0 Å². The first-order chi connectivity index (χ1) is 4.36. The van der Waals surface area contributed by atoms with Crippen LogP contribution in [0.5, 0.6) is 0 Å². The van der Waals surface area contributed by atoms with Crippen molar-refractivity contribution in [2.75, 3.05) is 6.61 Å². The summed E-state index contributed by atoms with van der Waals surface area (Å²) in [7, 11) is 0. The minimum Gasteiger partial charge on any atom is -0.389 e. The number of rotatable bonds is 1. The molecule has 1 rings (SSSR count). The van der Waals surface area contributed by atoms with E-state index in [1.165, 1.54) is 0 Å². The van der Waals surface area contributed by atoms with Gasteiger partial charge in [0.1, 0.15) is 5.60 Å². The highest BCUT2D eigenvalue weighted by molar-refractivity contribution is 4.99. The van der Waals surface area contributed by atoms with E-state index in [0.29, 0.717) is 6.61 Å². The van der Waals surface area contributed by atoms with Gasteiger partial charge in [-0.3, -0.25) is 0 Å². The molecule has 0 bridgehead atoms. The molecule has 0 radical (unpaired) electrons. The van der Waals surface area contributed by atoms with Crippen molar-refractivity contribution in [1.29, 1.82) is 0 Å². The highest BCUT2D eigenvalue weighted by atomic mass is 16.6. The number of hydrogen-bond acceptors (Lipinski definition) is 2. The van der Waals surface area contributed by atoms with Crippen molar-refractivity contribution in [3.05, 3.63) is 0 Å². The third kappa shape index (κ3) is 1.32. The second-order valence-electron chi connectivity index (χ2n) is 4.37. The zero-order chi connectivity index (χ0) is 7.99. The Labute approximate surface area is 62.2 Å². The van der Waals surface area contributed by atoms with Crippen LogP contribution in [0.15, 0.2) is 0 Å². The second-order valence-corrected chi connectivity index (χ2v) is 4.37. The van der Waals surface area contributed by atoms with Crippen LogP contribution in [0.1, 0.15) is 27.7 Å². The fourth-order valence-corrected chi connectivity index (χ4v) is 1.19. The fourth-order valence-electron chi connectivity index (χ4n) is 1.19. The first-order valence-corrected chi connectivity index (χ1v) is 3.68. The average molecular weight is 144 g/mol. The fraction of sp³-hybridized carbons (Fsp3) is 1.00. The molecule has 0 aliphatic carbocycles. The normalized spacial score (nSPS) is 35.7. The van der Waals surface area contributed by atoms with Crippen LogP contribution in [0.3, 0.4) is 0 Å². The molecule has 2 heteroatoms. The van der Waals surface area contributed by atoms with Gasteiger partial charge in [0.15, 0.2) is 0 Å². The summed E-state index contributed by atoms with van der Waals surface area (Å²) in [6.07, 6.45) is -0.347. The summed E-state index contributed by atoms with van der Waals surface area (Å²) in [5, 5.41) is 9.66. The Kier molecular flexibility index (Phi) is 1.57. The van der Waals surface area contributed by atoms with Crippen molar-refractivity contribution in [3.8, 4) is 0 Å². The standard InChI is InChI=1S/C8H16O2/c1-7(2,3)6(9)8(4)5-10-8/h6,9H,5H2,1-4H3/t6-,8+/m1/s1. The maximum absolute atomic E-state index is 9.66. The Morgan fingerprint density at radius 2 is 1.90 bits per heavy atom. The predicted molar refractivity (Wildman–Crippen MR) is 39.8 cm³/mol. The molecular formula is C8H16O2. The van der Waals surface area contributed by atoms with Gasteiger partial charge in [0, 0.05) is 0 Å². The smallest absolute Gasteiger partial charge is 0.115 e. The van der Waals surface area contributed by atoms with Crippen LogP contribution in [-0.2, 0) is 4.74 Å². The Hall–Kier alpha value is -0.0800. The first kappa shape index (κ1) is 8.02. The van der Waals surface area contributed by atoms with Gasteiger partial charge in [-0.15, -0.1) is 0 Å². The molecule has 0 amide bonds. The zero-order valence-electron chi connectivity index (χ0n) is 7.14. The van der Waals surface area contributed by atoms with E-state index in [1.54, 1.807) is 0 Å². The molecule has 0 aromatic carbocycles. The second kappa shape index (κ2) is 1.95. The van der Waals surface area contributed by atoms with Gasteiger partial charge in [0.25, 0.3) is 0 Å². The molecule has 10 heavy (non-hydrogen) atoms. The van der Waals surface area contributed by atoms with Crippen molar-refractivity contribution in [2.45, 2.75) is 39.4 Å². The molecule has 1 saturated heterocycles. The largest absolute Gasteiger partial charge is 0.389 e. The summed E-state index contributed by atoms with van der Waals surface area (Å²) in [5.41, 5.74) is -0.316. The third-order valence-electron chi connectivity index (χ3n) is 2.00. The summed E-state index contributed by atoms with van der Waals surface area (Å²) in [4.78, 5) is 0. The van der Waals surface area contributed by atoms with Gasteiger partial charge >= 0.3 is 0 Å². The van der Waals surface area contributed by atoms with Crippen LogP contribution in [0.2, 0.25) is 0 Å². The van der Waals surface area contributed by atoms with Gasteiger partial charge < -0.3 is 9.84 Å². The van der Waals surface area contributed by atoms with Crippen LogP contribution in [0.25, 0.3) is 0 Å². The van der Waals surface area contributed by atoms with Crippen molar-refractivity contribution < 1.29 is 9.84 Å². The van der Waals surface area contributed by atoms with E-state index in [-0.39, 0.29) is 17.1 Å². The lowest BCUT2D eigenvalue weighted by molar-refractivity contribution is -0.00000595. The van der Waals surface area contributed by atoms with E-state index in [4.69, 9.17) is 4.74 Å². The first-order valence-electron chi connectivity index (χ1n) is 3.68. The Balaban J connectivity index is 2.57. The maximum atomic E-state index is 9.66. The number of epoxide rings is 1. The van der Waals surface area contributed by atoms with Crippen molar-refractivity contribution in [2.24, 2.45) is 5.41 Å². The maximum Gasteiger partial charge on any atom is 0.115 e. The molecule has 0 aromatic heterocycles. The Morgan fingerprint density at radius 1 is 1.50 bits per heavy atom. The van der Waals surface area contributed by atoms with Crippen molar-refractivity contribution >= 4 is 0 Å². The zero-order valence-corrected chi connectivity index (χ0v) is 7.14. The van der Waals surface area contributed by atoms with Crippen molar-refractivity contribution in [3.63, 3.8) is 0 Å². The molecule has 60 valence electrons. The Morgan fingerprint density at radius 3 is 2.00 bits per heavy atom. The summed E-state index contributed by atoms with van der Waals surface area (Å²) in [6, 6.07) is 0. The van der Waals surface area contributed by atoms with Gasteiger partial charge in [-0.25, -0.2) is 0 Å². The molecule has 1 N–H and O–H groups in total. The van der Waals surface area contributed by atoms with E-state index in [9.17, 15) is 5.11 Å². The molecule has 0 unspecified atom stereocenters. The van der Waals surface area contributed by atoms with Gasteiger partial charge in [-0.2, -0.15) is 0 Å². The SMILES string of the molecule is CC(C)(C)[C@@H](O)[C@]1(C)CO1. The van der Waals surface area contributed by atoms with Gasteiger partial charge in [-0.1, -0.05) is 20.8 Å². The highest BCUT2D eigenvalue weighted by Crippen LogP contribution is 2.38. The van der Waals surface area contributed by atoms with E-state index in [0.717, 1.165) is 0 Å². The van der Waals surface area contributed by atoms with E-state index in [2.05, 4.69) is 0 Å². The molecule has 0 aromatic rings. The topological polar surface area (TPSA) is 32.8 Å².